The third-order valence-corrected chi connectivity index (χ3v) is 10.4. The summed E-state index contributed by atoms with van der Waals surface area (Å²) in [6.07, 6.45) is 0. The van der Waals surface area contributed by atoms with Gasteiger partial charge in [0, 0.05) is 16.2 Å². The van der Waals surface area contributed by atoms with Crippen LogP contribution >= 0.6 is 0 Å². The first kappa shape index (κ1) is 27.3. The molecule has 11 rings (SSSR count). The lowest BCUT2D eigenvalue weighted by atomic mass is 9.84. The second-order valence-electron chi connectivity index (χ2n) is 13.2. The van der Waals surface area contributed by atoms with Gasteiger partial charge in [0.1, 0.15) is 22.3 Å². The van der Waals surface area contributed by atoms with Gasteiger partial charge in [-0.1, -0.05) is 140 Å². The molecule has 0 unspecified atom stereocenters. The fourth-order valence-electron chi connectivity index (χ4n) is 8.24. The number of hydrogen-bond donors (Lipinski definition) is 0. The minimum Gasteiger partial charge on any atom is -0.456 e. The molecule has 2 nitrogen and oxygen atoms in total. The van der Waals surface area contributed by atoms with E-state index in [0.29, 0.717) is 0 Å². The van der Waals surface area contributed by atoms with Crippen molar-refractivity contribution in [2.45, 2.75) is 0 Å². The minimum absolute atomic E-state index is 0.827. The summed E-state index contributed by atoms with van der Waals surface area (Å²) in [5, 5.41) is 11.6. The SMILES string of the molecule is c1cc(-c2ccc3ccccc3c2)cc(-c2c3ccccc3c(-c3cc4oc5ccccc5c4c4oc5ccccc5c34)c3ccccc23)c1. The van der Waals surface area contributed by atoms with Gasteiger partial charge in [0.2, 0.25) is 0 Å². The van der Waals surface area contributed by atoms with E-state index in [1.165, 1.54) is 60.1 Å². The topological polar surface area (TPSA) is 26.3 Å². The molecule has 0 amide bonds. The average molecular weight is 637 g/mol. The number of fused-ring (bicyclic) bond motifs is 10. The van der Waals surface area contributed by atoms with Crippen molar-refractivity contribution in [1.29, 1.82) is 0 Å². The second-order valence-corrected chi connectivity index (χ2v) is 13.2. The van der Waals surface area contributed by atoms with Crippen molar-refractivity contribution in [2.24, 2.45) is 0 Å². The van der Waals surface area contributed by atoms with Crippen molar-refractivity contribution < 1.29 is 8.83 Å². The molecule has 11 aromatic rings. The molecule has 0 aliphatic rings. The Balaban J connectivity index is 1.24. The molecule has 0 radical (unpaired) electrons. The predicted octanol–water partition coefficient (Wildman–Crippen LogP) is 13.9. The molecule has 232 valence electrons. The highest BCUT2D eigenvalue weighted by molar-refractivity contribution is 6.30. The van der Waals surface area contributed by atoms with Crippen LogP contribution < -0.4 is 0 Å². The van der Waals surface area contributed by atoms with Gasteiger partial charge in [-0.15, -0.1) is 0 Å². The van der Waals surface area contributed by atoms with E-state index in [1.807, 2.05) is 18.2 Å². The normalized spacial score (nSPS) is 12.0. The maximum absolute atomic E-state index is 6.73. The summed E-state index contributed by atoms with van der Waals surface area (Å²) in [6, 6.07) is 60.9. The second kappa shape index (κ2) is 10.4. The molecular weight excluding hydrogens is 609 g/mol. The Bertz CT molecular complexity index is 3100. The Kier molecular flexibility index (Phi) is 5.70. The molecule has 0 saturated heterocycles. The van der Waals surface area contributed by atoms with Crippen LogP contribution in [0.5, 0.6) is 0 Å². The van der Waals surface area contributed by atoms with E-state index >= 15 is 0 Å². The lowest BCUT2D eigenvalue weighted by molar-refractivity contribution is 0.663. The first-order valence-electron chi connectivity index (χ1n) is 17.1. The molecule has 9 aromatic carbocycles. The maximum atomic E-state index is 6.73. The van der Waals surface area contributed by atoms with E-state index in [4.69, 9.17) is 8.83 Å². The summed E-state index contributed by atoms with van der Waals surface area (Å²) in [7, 11) is 0. The number of benzene rings is 9. The fourth-order valence-corrected chi connectivity index (χ4v) is 8.24. The molecule has 0 fully saturated rings. The van der Waals surface area contributed by atoms with Crippen molar-refractivity contribution in [3.8, 4) is 33.4 Å². The monoisotopic (exact) mass is 636 g/mol. The van der Waals surface area contributed by atoms with E-state index in [1.54, 1.807) is 0 Å². The van der Waals surface area contributed by atoms with E-state index < -0.39 is 0 Å². The quantitative estimate of drug-likeness (QED) is 0.180. The highest BCUT2D eigenvalue weighted by Crippen LogP contribution is 2.50. The van der Waals surface area contributed by atoms with Crippen LogP contribution in [0, 0.1) is 0 Å². The van der Waals surface area contributed by atoms with Gasteiger partial charge in [0.05, 0.1) is 5.39 Å². The largest absolute Gasteiger partial charge is 0.456 e. The molecule has 0 aliphatic heterocycles. The van der Waals surface area contributed by atoms with Crippen molar-refractivity contribution >= 4 is 76.2 Å². The van der Waals surface area contributed by atoms with Crippen molar-refractivity contribution in [1.82, 2.24) is 0 Å². The van der Waals surface area contributed by atoms with Crippen LogP contribution in [-0.2, 0) is 0 Å². The van der Waals surface area contributed by atoms with Crippen molar-refractivity contribution in [2.75, 3.05) is 0 Å². The van der Waals surface area contributed by atoms with Gasteiger partial charge in [-0.05, 0) is 96.0 Å². The Morgan fingerprint density at radius 1 is 0.300 bits per heavy atom. The summed E-state index contributed by atoms with van der Waals surface area (Å²) in [5.74, 6) is 0. The predicted molar refractivity (Wildman–Crippen MR) is 210 cm³/mol. The molecule has 0 spiro atoms. The highest BCUT2D eigenvalue weighted by atomic mass is 16.3. The zero-order valence-electron chi connectivity index (χ0n) is 27.0. The van der Waals surface area contributed by atoms with Gasteiger partial charge in [-0.2, -0.15) is 0 Å². The van der Waals surface area contributed by atoms with E-state index in [0.717, 1.165) is 49.4 Å². The molecule has 0 saturated carbocycles. The van der Waals surface area contributed by atoms with Crippen LogP contribution in [0.4, 0.5) is 0 Å². The lowest BCUT2D eigenvalue weighted by Gasteiger charge is -2.19. The lowest BCUT2D eigenvalue weighted by Crippen LogP contribution is -1.92. The molecule has 2 heterocycles. The molecule has 2 aromatic heterocycles. The van der Waals surface area contributed by atoms with Crippen LogP contribution in [-0.4, -0.2) is 0 Å². The Labute approximate surface area is 287 Å². The zero-order valence-corrected chi connectivity index (χ0v) is 27.0. The zero-order chi connectivity index (χ0) is 32.8. The van der Waals surface area contributed by atoms with Gasteiger partial charge >= 0.3 is 0 Å². The third-order valence-electron chi connectivity index (χ3n) is 10.4. The van der Waals surface area contributed by atoms with Crippen LogP contribution in [0.3, 0.4) is 0 Å². The van der Waals surface area contributed by atoms with E-state index in [-0.39, 0.29) is 0 Å². The smallest absolute Gasteiger partial charge is 0.147 e. The van der Waals surface area contributed by atoms with E-state index in [2.05, 4.69) is 152 Å². The van der Waals surface area contributed by atoms with E-state index in [9.17, 15) is 0 Å². The average Bonchev–Trinajstić information content (AvgIpc) is 3.75. The minimum atomic E-state index is 0.827. The van der Waals surface area contributed by atoms with Gasteiger partial charge in [0.15, 0.2) is 0 Å². The van der Waals surface area contributed by atoms with Gasteiger partial charge in [0.25, 0.3) is 0 Å². The van der Waals surface area contributed by atoms with Gasteiger partial charge in [-0.25, -0.2) is 0 Å². The van der Waals surface area contributed by atoms with Gasteiger partial charge in [-0.3, -0.25) is 0 Å². The summed E-state index contributed by atoms with van der Waals surface area (Å²) < 4.78 is 13.3. The molecule has 2 heteroatoms. The third kappa shape index (κ3) is 3.90. The van der Waals surface area contributed by atoms with Crippen LogP contribution in [0.2, 0.25) is 0 Å². The van der Waals surface area contributed by atoms with Crippen molar-refractivity contribution in [3.05, 3.63) is 170 Å². The Morgan fingerprint density at radius 3 is 1.56 bits per heavy atom. The van der Waals surface area contributed by atoms with Crippen LogP contribution in [0.15, 0.2) is 179 Å². The maximum Gasteiger partial charge on any atom is 0.147 e. The first-order chi connectivity index (χ1) is 24.8. The summed E-state index contributed by atoms with van der Waals surface area (Å²) in [5.41, 5.74) is 10.6. The van der Waals surface area contributed by atoms with Crippen molar-refractivity contribution in [3.63, 3.8) is 0 Å². The summed E-state index contributed by atoms with van der Waals surface area (Å²) in [6.45, 7) is 0. The summed E-state index contributed by atoms with van der Waals surface area (Å²) >= 11 is 0. The Morgan fingerprint density at radius 2 is 0.840 bits per heavy atom. The standard InChI is InChI=1S/C48H28O2/c1-2-13-30-26-32(25-24-29(30)12-1)31-14-11-15-33(27-31)44-34-16-3-5-18-36(34)45(37-19-6-4-17-35(37)44)40-28-43-47(39-21-8-9-22-41(39)49-43)48-46(40)38-20-7-10-23-42(38)50-48/h1-28H. The van der Waals surface area contributed by atoms with Crippen LogP contribution in [0.1, 0.15) is 0 Å². The Hall–Kier alpha value is -6.64. The first-order valence-corrected chi connectivity index (χ1v) is 17.1. The van der Waals surface area contributed by atoms with Crippen LogP contribution in [0.25, 0.3) is 110 Å². The number of para-hydroxylation sites is 2. The fraction of sp³-hybridized carbons (Fsp3) is 0. The molecule has 0 atom stereocenters. The number of hydrogen-bond acceptors (Lipinski definition) is 2. The molecule has 0 N–H and O–H groups in total. The highest BCUT2D eigenvalue weighted by Gasteiger charge is 2.24. The van der Waals surface area contributed by atoms with Gasteiger partial charge < -0.3 is 8.83 Å². The summed E-state index contributed by atoms with van der Waals surface area (Å²) in [4.78, 5) is 0. The molecular formula is C48H28O2. The molecule has 50 heavy (non-hydrogen) atoms. The molecule has 0 aliphatic carbocycles. The number of rotatable bonds is 3. The number of furan rings is 2. The molecule has 0 bridgehead atoms.